The van der Waals surface area contributed by atoms with Gasteiger partial charge in [-0.15, -0.1) is 0 Å². The predicted molar refractivity (Wildman–Crippen MR) is 72.3 cm³/mol. The van der Waals surface area contributed by atoms with Crippen LogP contribution in [0.25, 0.3) is 5.82 Å². The molecule has 1 unspecified atom stereocenters. The Morgan fingerprint density at radius 2 is 2.30 bits per heavy atom. The summed E-state index contributed by atoms with van der Waals surface area (Å²) in [6, 6.07) is 3.23. The minimum absolute atomic E-state index is 0.0958. The Bertz CT molecular complexity index is 568. The molecule has 0 fully saturated rings. The van der Waals surface area contributed by atoms with Crippen LogP contribution in [-0.2, 0) is 0 Å². The minimum atomic E-state index is -0.560. The number of hydrogen-bond acceptors (Lipinski definition) is 5. The van der Waals surface area contributed by atoms with E-state index in [4.69, 9.17) is 0 Å². The average Bonchev–Trinajstić information content (AvgIpc) is 2.98. The maximum atomic E-state index is 12.0. The second-order valence-corrected chi connectivity index (χ2v) is 4.76. The molecule has 0 aliphatic rings. The van der Waals surface area contributed by atoms with Crippen molar-refractivity contribution in [3.8, 4) is 5.82 Å². The van der Waals surface area contributed by atoms with Crippen molar-refractivity contribution >= 4 is 5.91 Å². The number of pyridine rings is 1. The lowest BCUT2D eigenvalue weighted by atomic mass is 10.1. The van der Waals surface area contributed by atoms with Gasteiger partial charge in [0, 0.05) is 18.3 Å². The van der Waals surface area contributed by atoms with Gasteiger partial charge in [0.15, 0.2) is 5.82 Å². The highest BCUT2D eigenvalue weighted by Crippen LogP contribution is 2.06. The summed E-state index contributed by atoms with van der Waals surface area (Å²) in [6.07, 6.45) is 3.88. The highest BCUT2D eigenvalue weighted by atomic mass is 16.3. The first kappa shape index (κ1) is 14.1. The lowest BCUT2D eigenvalue weighted by molar-refractivity contribution is 0.0871. The molecule has 1 amide bonds. The van der Waals surface area contributed by atoms with E-state index in [1.54, 1.807) is 12.1 Å². The van der Waals surface area contributed by atoms with E-state index in [9.17, 15) is 9.90 Å². The largest absolute Gasteiger partial charge is 0.391 e. The molecule has 20 heavy (non-hydrogen) atoms. The Morgan fingerprint density at radius 1 is 1.50 bits per heavy atom. The molecule has 0 aliphatic carbocycles. The van der Waals surface area contributed by atoms with Crippen molar-refractivity contribution in [2.24, 2.45) is 5.92 Å². The Kier molecular flexibility index (Phi) is 4.41. The molecule has 0 radical (unpaired) electrons. The third-order valence-corrected chi connectivity index (χ3v) is 2.90. The summed E-state index contributed by atoms with van der Waals surface area (Å²) >= 11 is 0. The molecule has 7 nitrogen and oxygen atoms in total. The van der Waals surface area contributed by atoms with Crippen LogP contribution in [0.5, 0.6) is 0 Å². The van der Waals surface area contributed by atoms with Crippen molar-refractivity contribution in [3.63, 3.8) is 0 Å². The van der Waals surface area contributed by atoms with Crippen LogP contribution in [0.4, 0.5) is 0 Å². The average molecular weight is 275 g/mol. The van der Waals surface area contributed by atoms with Crippen molar-refractivity contribution in [2.75, 3.05) is 6.54 Å². The normalized spacial score (nSPS) is 12.4. The van der Waals surface area contributed by atoms with Gasteiger partial charge in [-0.05, 0) is 18.1 Å². The van der Waals surface area contributed by atoms with Crippen LogP contribution >= 0.6 is 0 Å². The number of nitrogens with one attached hydrogen (secondary N) is 1. The number of rotatable bonds is 5. The molecule has 106 valence electrons. The molecule has 0 spiro atoms. The summed E-state index contributed by atoms with van der Waals surface area (Å²) in [5.41, 5.74) is 0.460. The molecule has 0 aromatic carbocycles. The maximum Gasteiger partial charge on any atom is 0.251 e. The zero-order valence-electron chi connectivity index (χ0n) is 11.4. The van der Waals surface area contributed by atoms with E-state index in [2.05, 4.69) is 20.4 Å². The monoisotopic (exact) mass is 275 g/mol. The van der Waals surface area contributed by atoms with Gasteiger partial charge in [0.05, 0.1) is 6.10 Å². The number of aromatic nitrogens is 4. The number of carbonyl (C=O) groups excluding carboxylic acids is 1. The van der Waals surface area contributed by atoms with E-state index in [1.165, 1.54) is 23.5 Å². The van der Waals surface area contributed by atoms with E-state index in [1.807, 2.05) is 13.8 Å². The summed E-state index contributed by atoms with van der Waals surface area (Å²) in [5, 5.41) is 16.3. The standard InChI is InChI=1S/C13H17N5O2/c1-9(2)11(19)6-16-13(20)10-3-4-15-12(5-10)18-8-14-7-17-18/h3-5,7-9,11,19H,6H2,1-2H3,(H,16,20). The Labute approximate surface area is 116 Å². The molecule has 2 N–H and O–H groups in total. The van der Waals surface area contributed by atoms with Crippen LogP contribution in [0.3, 0.4) is 0 Å². The molecule has 7 heteroatoms. The summed E-state index contributed by atoms with van der Waals surface area (Å²) in [6.45, 7) is 4.01. The molecule has 2 aromatic heterocycles. The van der Waals surface area contributed by atoms with Crippen molar-refractivity contribution < 1.29 is 9.90 Å². The molecule has 0 saturated heterocycles. The van der Waals surface area contributed by atoms with Crippen LogP contribution in [0.15, 0.2) is 31.0 Å². The zero-order valence-corrected chi connectivity index (χ0v) is 11.4. The van der Waals surface area contributed by atoms with Crippen molar-refractivity contribution in [1.29, 1.82) is 0 Å². The lowest BCUT2D eigenvalue weighted by Crippen LogP contribution is -2.34. The van der Waals surface area contributed by atoms with Gasteiger partial charge in [0.2, 0.25) is 0 Å². The fraction of sp³-hybridized carbons (Fsp3) is 0.385. The minimum Gasteiger partial charge on any atom is -0.391 e. The molecular formula is C13H17N5O2. The van der Waals surface area contributed by atoms with E-state index in [-0.39, 0.29) is 18.4 Å². The second kappa shape index (κ2) is 6.25. The molecular weight excluding hydrogens is 258 g/mol. The van der Waals surface area contributed by atoms with Crippen molar-refractivity contribution in [1.82, 2.24) is 25.1 Å². The first-order valence-electron chi connectivity index (χ1n) is 6.35. The third kappa shape index (κ3) is 3.39. The van der Waals surface area contributed by atoms with Gasteiger partial charge in [-0.2, -0.15) is 5.10 Å². The molecule has 2 aromatic rings. The molecule has 2 rings (SSSR count). The van der Waals surface area contributed by atoms with Gasteiger partial charge in [0.1, 0.15) is 12.7 Å². The first-order chi connectivity index (χ1) is 9.58. The Hall–Kier alpha value is -2.28. The zero-order chi connectivity index (χ0) is 14.5. The van der Waals surface area contributed by atoms with E-state index in [0.29, 0.717) is 11.4 Å². The number of nitrogens with zero attached hydrogens (tertiary/aromatic N) is 4. The summed E-state index contributed by atoms with van der Waals surface area (Å²) in [5.74, 6) is 0.353. The fourth-order valence-corrected chi connectivity index (χ4v) is 1.55. The van der Waals surface area contributed by atoms with Gasteiger partial charge in [-0.3, -0.25) is 4.79 Å². The summed E-state index contributed by atoms with van der Waals surface area (Å²) in [7, 11) is 0. The molecule has 0 saturated carbocycles. The van der Waals surface area contributed by atoms with Gasteiger partial charge in [-0.1, -0.05) is 13.8 Å². The number of carbonyl (C=O) groups is 1. The van der Waals surface area contributed by atoms with Crippen LogP contribution < -0.4 is 5.32 Å². The lowest BCUT2D eigenvalue weighted by Gasteiger charge is -2.15. The maximum absolute atomic E-state index is 12.0. The Morgan fingerprint density at radius 3 is 2.95 bits per heavy atom. The van der Waals surface area contributed by atoms with Gasteiger partial charge in [0.25, 0.3) is 5.91 Å². The summed E-state index contributed by atoms with van der Waals surface area (Å²) in [4.78, 5) is 19.9. The van der Waals surface area contributed by atoms with E-state index in [0.717, 1.165) is 0 Å². The highest BCUT2D eigenvalue weighted by molar-refractivity contribution is 5.94. The fourth-order valence-electron chi connectivity index (χ4n) is 1.55. The Balaban J connectivity index is 2.05. The topological polar surface area (TPSA) is 92.9 Å². The van der Waals surface area contributed by atoms with E-state index < -0.39 is 6.10 Å². The number of amides is 1. The third-order valence-electron chi connectivity index (χ3n) is 2.90. The number of hydrogen-bond donors (Lipinski definition) is 2. The highest BCUT2D eigenvalue weighted by Gasteiger charge is 2.12. The van der Waals surface area contributed by atoms with Gasteiger partial charge in [-0.25, -0.2) is 14.6 Å². The van der Waals surface area contributed by atoms with Crippen LogP contribution in [0.2, 0.25) is 0 Å². The quantitative estimate of drug-likeness (QED) is 0.824. The number of aliphatic hydroxyl groups excluding tert-OH is 1. The van der Waals surface area contributed by atoms with Gasteiger partial charge < -0.3 is 10.4 Å². The van der Waals surface area contributed by atoms with Gasteiger partial charge >= 0.3 is 0 Å². The first-order valence-corrected chi connectivity index (χ1v) is 6.35. The number of aliphatic hydroxyl groups is 1. The predicted octanol–water partition coefficient (Wildman–Crippen LogP) is 0.409. The molecule has 0 aliphatic heterocycles. The van der Waals surface area contributed by atoms with Crippen molar-refractivity contribution in [3.05, 3.63) is 36.5 Å². The van der Waals surface area contributed by atoms with Crippen molar-refractivity contribution in [2.45, 2.75) is 20.0 Å². The molecule has 2 heterocycles. The molecule has 0 bridgehead atoms. The van der Waals surface area contributed by atoms with Crippen LogP contribution in [-0.4, -0.2) is 43.4 Å². The second-order valence-electron chi connectivity index (χ2n) is 4.76. The SMILES string of the molecule is CC(C)C(O)CNC(=O)c1ccnc(-n2cncn2)c1. The van der Waals surface area contributed by atoms with Crippen LogP contribution in [0.1, 0.15) is 24.2 Å². The summed E-state index contributed by atoms with van der Waals surface area (Å²) < 4.78 is 1.47. The van der Waals surface area contributed by atoms with E-state index >= 15 is 0 Å². The smallest absolute Gasteiger partial charge is 0.251 e. The molecule has 1 atom stereocenters. The van der Waals surface area contributed by atoms with Crippen LogP contribution in [0, 0.1) is 5.92 Å².